The molecule has 2 heterocycles. The Morgan fingerprint density at radius 3 is 2.32 bits per heavy atom. The van der Waals surface area contributed by atoms with E-state index in [-0.39, 0.29) is 11.5 Å². The third-order valence-electron chi connectivity index (χ3n) is 5.57. The number of nitrogens with zero attached hydrogens (tertiary/aromatic N) is 1. The second-order valence-electron chi connectivity index (χ2n) is 7.88. The second kappa shape index (κ2) is 10.5. The van der Waals surface area contributed by atoms with Gasteiger partial charge < -0.3 is 10.1 Å². The monoisotopic (exact) mass is 498 g/mol. The van der Waals surface area contributed by atoms with Crippen LogP contribution in [0.4, 0.5) is 5.69 Å². The molecule has 1 aliphatic heterocycles. The molecule has 0 spiro atoms. The minimum absolute atomic E-state index is 0.167. The maximum Gasteiger partial charge on any atom is 0.350 e. The largest absolute Gasteiger partial charge is 0.462 e. The zero-order valence-electron chi connectivity index (χ0n) is 18.8. The van der Waals surface area contributed by atoms with Gasteiger partial charge in [-0.1, -0.05) is 36.8 Å². The number of ether oxygens (including phenoxy) is 1. The van der Waals surface area contributed by atoms with Crippen molar-refractivity contribution in [2.24, 2.45) is 0 Å². The molecule has 0 bridgehead atoms. The zero-order valence-corrected chi connectivity index (χ0v) is 20.5. The highest BCUT2D eigenvalue weighted by atomic mass is 32.2. The van der Waals surface area contributed by atoms with Crippen LogP contribution in [0.5, 0.6) is 0 Å². The summed E-state index contributed by atoms with van der Waals surface area (Å²) in [4.78, 5) is 26.7. The van der Waals surface area contributed by atoms with Gasteiger partial charge in [-0.3, -0.25) is 4.79 Å². The number of rotatable bonds is 7. The molecule has 1 aromatic heterocycles. The highest BCUT2D eigenvalue weighted by Gasteiger charge is 2.26. The van der Waals surface area contributed by atoms with Crippen LogP contribution in [0.3, 0.4) is 0 Å². The molecule has 34 heavy (non-hydrogen) atoms. The summed E-state index contributed by atoms with van der Waals surface area (Å²) in [6.45, 7) is 2.98. The van der Waals surface area contributed by atoms with Crippen molar-refractivity contribution in [2.75, 3.05) is 25.0 Å². The number of nitrogens with one attached hydrogen (secondary N) is 1. The molecule has 1 fully saturated rings. The topological polar surface area (TPSA) is 92.8 Å². The first-order valence-electron chi connectivity index (χ1n) is 11.2. The zero-order chi connectivity index (χ0) is 24.1. The average molecular weight is 499 g/mol. The average Bonchev–Trinajstić information content (AvgIpc) is 3.29. The number of carbonyl (C=O) groups excluding carboxylic acids is 2. The highest BCUT2D eigenvalue weighted by molar-refractivity contribution is 7.89. The van der Waals surface area contributed by atoms with E-state index in [1.54, 1.807) is 13.0 Å². The van der Waals surface area contributed by atoms with Crippen LogP contribution < -0.4 is 5.32 Å². The molecule has 7 nitrogen and oxygen atoms in total. The number of sulfonamides is 1. The molecule has 1 saturated heterocycles. The summed E-state index contributed by atoms with van der Waals surface area (Å²) in [6.07, 6.45) is 2.75. The molecular weight excluding hydrogens is 472 g/mol. The summed E-state index contributed by atoms with van der Waals surface area (Å²) in [7, 11) is -3.57. The first-order chi connectivity index (χ1) is 16.4. The first-order valence-corrected chi connectivity index (χ1v) is 13.4. The predicted octanol–water partition coefficient (Wildman–Crippen LogP) is 5.02. The highest BCUT2D eigenvalue weighted by Crippen LogP contribution is 2.35. The molecule has 1 N–H and O–H groups in total. The van der Waals surface area contributed by atoms with Crippen LogP contribution in [-0.4, -0.2) is 44.3 Å². The first kappa shape index (κ1) is 24.1. The Labute approximate surface area is 203 Å². The Balaban J connectivity index is 1.56. The van der Waals surface area contributed by atoms with Crippen molar-refractivity contribution in [1.29, 1.82) is 0 Å². The lowest BCUT2D eigenvalue weighted by Crippen LogP contribution is -2.35. The Hall–Kier alpha value is -3.01. The van der Waals surface area contributed by atoms with Crippen LogP contribution in [0.1, 0.15) is 46.2 Å². The van der Waals surface area contributed by atoms with E-state index in [0.717, 1.165) is 29.7 Å². The van der Waals surface area contributed by atoms with Crippen molar-refractivity contribution in [3.63, 3.8) is 0 Å². The van der Waals surface area contributed by atoms with Crippen LogP contribution in [0.15, 0.2) is 65.6 Å². The quantitative estimate of drug-likeness (QED) is 0.462. The molecule has 1 amide bonds. The van der Waals surface area contributed by atoms with Gasteiger partial charge in [0.25, 0.3) is 5.91 Å². The molecule has 0 aliphatic carbocycles. The smallest absolute Gasteiger partial charge is 0.350 e. The van der Waals surface area contributed by atoms with E-state index in [1.165, 1.54) is 39.9 Å². The lowest BCUT2D eigenvalue weighted by molar-refractivity contribution is 0.0533. The van der Waals surface area contributed by atoms with Crippen molar-refractivity contribution < 1.29 is 22.7 Å². The number of anilines is 1. The van der Waals surface area contributed by atoms with Gasteiger partial charge in [0.2, 0.25) is 10.0 Å². The summed E-state index contributed by atoms with van der Waals surface area (Å²) in [5.74, 6) is -0.946. The van der Waals surface area contributed by atoms with Gasteiger partial charge >= 0.3 is 5.97 Å². The number of esters is 1. The Morgan fingerprint density at radius 2 is 1.68 bits per heavy atom. The fourth-order valence-electron chi connectivity index (χ4n) is 3.80. The molecule has 0 radical (unpaired) electrons. The van der Waals surface area contributed by atoms with Crippen molar-refractivity contribution in [1.82, 2.24) is 4.31 Å². The lowest BCUT2D eigenvalue weighted by atomic mass is 10.2. The number of hydrogen-bond donors (Lipinski definition) is 1. The Bertz CT molecular complexity index is 1260. The third kappa shape index (κ3) is 5.22. The summed E-state index contributed by atoms with van der Waals surface area (Å²) in [5.41, 5.74) is 1.57. The minimum atomic E-state index is -3.57. The molecule has 178 valence electrons. The van der Waals surface area contributed by atoms with Crippen molar-refractivity contribution in [2.45, 2.75) is 31.1 Å². The van der Waals surface area contributed by atoms with Crippen LogP contribution in [0.25, 0.3) is 10.4 Å². The summed E-state index contributed by atoms with van der Waals surface area (Å²) < 4.78 is 32.4. The second-order valence-corrected chi connectivity index (χ2v) is 10.9. The molecule has 1 aliphatic rings. The van der Waals surface area contributed by atoms with Gasteiger partial charge in [0.15, 0.2) is 0 Å². The van der Waals surface area contributed by atoms with E-state index in [0.29, 0.717) is 29.2 Å². The van der Waals surface area contributed by atoms with Gasteiger partial charge in [0.05, 0.1) is 17.2 Å². The normalized spacial score (nSPS) is 14.5. The van der Waals surface area contributed by atoms with Crippen LogP contribution in [-0.2, 0) is 14.8 Å². The van der Waals surface area contributed by atoms with Crippen molar-refractivity contribution in [3.05, 3.63) is 71.1 Å². The maximum absolute atomic E-state index is 12.9. The summed E-state index contributed by atoms with van der Waals surface area (Å²) >= 11 is 1.25. The molecule has 9 heteroatoms. The molecule has 0 saturated carbocycles. The summed E-state index contributed by atoms with van der Waals surface area (Å²) in [6, 6.07) is 17.2. The van der Waals surface area contributed by atoms with Crippen LogP contribution in [0, 0.1) is 0 Å². The molecular formula is C25H26N2O5S2. The van der Waals surface area contributed by atoms with E-state index < -0.39 is 21.9 Å². The predicted molar refractivity (Wildman–Crippen MR) is 133 cm³/mol. The standard InChI is InChI=1S/C25H26N2O5S2/c1-2-32-25(29)23-21(17-22(33-23)18-9-5-3-6-10-18)26-24(28)19-11-13-20(14-12-19)34(30,31)27-15-7-4-8-16-27/h3,5-6,9-14,17H,2,4,7-8,15-16H2,1H3,(H,26,28). The maximum atomic E-state index is 12.9. The van der Waals surface area contributed by atoms with Gasteiger partial charge in [-0.25, -0.2) is 13.2 Å². The number of carbonyl (C=O) groups is 2. The molecule has 0 atom stereocenters. The van der Waals surface area contributed by atoms with Gasteiger partial charge in [-0.15, -0.1) is 11.3 Å². The lowest BCUT2D eigenvalue weighted by Gasteiger charge is -2.25. The van der Waals surface area contributed by atoms with Crippen molar-refractivity contribution in [3.8, 4) is 10.4 Å². The van der Waals surface area contributed by atoms with Crippen LogP contribution in [0.2, 0.25) is 0 Å². The fourth-order valence-corrected chi connectivity index (χ4v) is 6.33. The summed E-state index contributed by atoms with van der Waals surface area (Å²) in [5, 5.41) is 2.79. The number of amides is 1. The molecule has 0 unspecified atom stereocenters. The van der Waals surface area contributed by atoms with Crippen LogP contribution >= 0.6 is 11.3 Å². The molecule has 2 aromatic carbocycles. The number of hydrogen-bond acceptors (Lipinski definition) is 6. The van der Waals surface area contributed by atoms with Crippen molar-refractivity contribution >= 4 is 38.9 Å². The van der Waals surface area contributed by atoms with E-state index in [1.807, 2.05) is 30.3 Å². The number of benzene rings is 2. The minimum Gasteiger partial charge on any atom is -0.462 e. The molecule has 4 rings (SSSR count). The SMILES string of the molecule is CCOC(=O)c1sc(-c2ccccc2)cc1NC(=O)c1ccc(S(=O)(=O)N2CCCCC2)cc1. The van der Waals surface area contributed by atoms with E-state index in [9.17, 15) is 18.0 Å². The number of thiophene rings is 1. The van der Waals surface area contributed by atoms with E-state index in [2.05, 4.69) is 5.32 Å². The van der Waals surface area contributed by atoms with E-state index in [4.69, 9.17) is 4.74 Å². The number of piperidine rings is 1. The van der Waals surface area contributed by atoms with Gasteiger partial charge in [0, 0.05) is 23.5 Å². The molecule has 3 aromatic rings. The van der Waals surface area contributed by atoms with Gasteiger partial charge in [0.1, 0.15) is 4.88 Å². The Kier molecular flexibility index (Phi) is 7.45. The Morgan fingerprint density at radius 1 is 1.00 bits per heavy atom. The van der Waals surface area contributed by atoms with E-state index >= 15 is 0 Å². The van der Waals surface area contributed by atoms with Gasteiger partial charge in [-0.05, 0) is 55.7 Å². The fraction of sp³-hybridized carbons (Fsp3) is 0.280. The third-order valence-corrected chi connectivity index (χ3v) is 8.65. The van der Waals surface area contributed by atoms with Gasteiger partial charge in [-0.2, -0.15) is 4.31 Å².